The molecule has 4 aromatic carbocycles. The molecule has 0 fully saturated rings. The average Bonchev–Trinajstić information content (AvgIpc) is 2.85. The lowest BCUT2D eigenvalue weighted by atomic mass is 10.1. The first kappa shape index (κ1) is 23.3. The van der Waals surface area contributed by atoms with E-state index in [1.165, 1.54) is 29.8 Å². The number of amides is 2. The largest absolute Gasteiger partial charge is 0.489 e. The zero-order chi connectivity index (χ0) is 23.9. The van der Waals surface area contributed by atoms with Crippen molar-refractivity contribution in [2.24, 2.45) is 5.10 Å². The number of anilines is 1. The van der Waals surface area contributed by atoms with Crippen LogP contribution in [0.2, 0.25) is 10.0 Å². The molecular weight excluding hydrogens is 473 g/mol. The summed E-state index contributed by atoms with van der Waals surface area (Å²) in [6.45, 7) is 0.443. The molecule has 0 unspecified atom stereocenters. The average molecular weight is 492 g/mol. The summed E-state index contributed by atoms with van der Waals surface area (Å²) in [7, 11) is 0. The smallest absolute Gasteiger partial charge is 0.329 e. The van der Waals surface area contributed by atoms with Gasteiger partial charge in [0, 0.05) is 5.69 Å². The lowest BCUT2D eigenvalue weighted by Crippen LogP contribution is -2.32. The number of carbonyl (C=O) groups excluding carboxylic acids is 2. The molecule has 4 aromatic rings. The molecule has 0 heterocycles. The van der Waals surface area contributed by atoms with E-state index in [9.17, 15) is 9.59 Å². The molecule has 0 aliphatic heterocycles. The van der Waals surface area contributed by atoms with Crippen LogP contribution in [0.3, 0.4) is 0 Å². The second-order valence-electron chi connectivity index (χ2n) is 7.28. The Morgan fingerprint density at radius 1 is 0.853 bits per heavy atom. The van der Waals surface area contributed by atoms with Crippen LogP contribution in [0.15, 0.2) is 90.0 Å². The van der Waals surface area contributed by atoms with E-state index in [1.54, 1.807) is 12.1 Å². The minimum Gasteiger partial charge on any atom is -0.489 e. The van der Waals surface area contributed by atoms with Crippen LogP contribution in [-0.2, 0) is 16.2 Å². The van der Waals surface area contributed by atoms with E-state index in [0.717, 1.165) is 16.5 Å². The first-order valence-corrected chi connectivity index (χ1v) is 11.0. The van der Waals surface area contributed by atoms with Crippen molar-refractivity contribution in [3.8, 4) is 5.75 Å². The molecule has 2 N–H and O–H groups in total. The predicted octanol–water partition coefficient (Wildman–Crippen LogP) is 5.81. The number of hydrogen-bond acceptors (Lipinski definition) is 4. The molecule has 170 valence electrons. The van der Waals surface area contributed by atoms with Crippen LogP contribution in [0.5, 0.6) is 5.75 Å². The zero-order valence-corrected chi connectivity index (χ0v) is 19.3. The van der Waals surface area contributed by atoms with Gasteiger partial charge >= 0.3 is 11.8 Å². The van der Waals surface area contributed by atoms with Crippen molar-refractivity contribution < 1.29 is 14.3 Å². The Morgan fingerprint density at radius 2 is 1.62 bits per heavy atom. The summed E-state index contributed by atoms with van der Waals surface area (Å²) in [5.41, 5.74) is 4.36. The molecule has 0 bridgehead atoms. The molecule has 4 rings (SSSR count). The van der Waals surface area contributed by atoms with Gasteiger partial charge in [-0.05, 0) is 64.4 Å². The van der Waals surface area contributed by atoms with Crippen molar-refractivity contribution in [3.05, 3.63) is 106 Å². The second kappa shape index (κ2) is 10.8. The number of nitrogens with one attached hydrogen (secondary N) is 2. The molecule has 2 amide bonds. The van der Waals surface area contributed by atoms with E-state index in [4.69, 9.17) is 27.9 Å². The maximum atomic E-state index is 12.0. The van der Waals surface area contributed by atoms with Gasteiger partial charge in [0.2, 0.25) is 0 Å². The number of hydrazone groups is 1. The topological polar surface area (TPSA) is 79.8 Å². The second-order valence-corrected chi connectivity index (χ2v) is 8.09. The van der Waals surface area contributed by atoms with Crippen molar-refractivity contribution >= 4 is 57.7 Å². The number of nitrogens with zero attached hydrogens (tertiary/aromatic N) is 1. The molecule has 0 aromatic heterocycles. The monoisotopic (exact) mass is 491 g/mol. The number of ether oxygens (including phenoxy) is 1. The van der Waals surface area contributed by atoms with Crippen molar-refractivity contribution in [1.82, 2.24) is 5.43 Å². The summed E-state index contributed by atoms with van der Waals surface area (Å²) < 4.78 is 5.92. The third kappa shape index (κ3) is 5.92. The summed E-state index contributed by atoms with van der Waals surface area (Å²) >= 11 is 11.7. The van der Waals surface area contributed by atoms with E-state index < -0.39 is 11.8 Å². The maximum Gasteiger partial charge on any atom is 0.329 e. The normalized spacial score (nSPS) is 10.9. The van der Waals surface area contributed by atoms with Crippen molar-refractivity contribution in [2.45, 2.75) is 6.61 Å². The highest BCUT2D eigenvalue weighted by molar-refractivity contribution is 6.43. The molecule has 0 saturated carbocycles. The zero-order valence-electron chi connectivity index (χ0n) is 17.8. The van der Waals surface area contributed by atoms with Gasteiger partial charge in [-0.3, -0.25) is 9.59 Å². The standard InChI is InChI=1S/C26H19Cl2N3O3/c27-23-13-10-20(14-24(23)28)30-25(32)26(33)31-29-15-17-8-11-21(12-9-17)34-16-19-6-3-5-18-4-1-2-7-22(18)19/h1-15H,16H2,(H,30,32)(H,31,33). The lowest BCUT2D eigenvalue weighted by Gasteiger charge is -2.09. The van der Waals surface area contributed by atoms with E-state index in [2.05, 4.69) is 34.0 Å². The van der Waals surface area contributed by atoms with Gasteiger partial charge in [-0.25, -0.2) is 5.43 Å². The predicted molar refractivity (Wildman–Crippen MR) is 136 cm³/mol. The summed E-state index contributed by atoms with van der Waals surface area (Å²) in [6, 6.07) is 26.0. The molecule has 34 heavy (non-hydrogen) atoms. The molecule has 0 aliphatic rings. The van der Waals surface area contributed by atoms with Gasteiger partial charge in [-0.15, -0.1) is 0 Å². The summed E-state index contributed by atoms with van der Waals surface area (Å²) in [5, 5.41) is 9.18. The van der Waals surface area contributed by atoms with Crippen molar-refractivity contribution in [1.29, 1.82) is 0 Å². The Kier molecular flexibility index (Phi) is 7.42. The van der Waals surface area contributed by atoms with Crippen molar-refractivity contribution in [3.63, 3.8) is 0 Å². The number of halogens is 2. The third-order valence-corrected chi connectivity index (χ3v) is 5.66. The van der Waals surface area contributed by atoms with Gasteiger partial charge in [0.25, 0.3) is 0 Å². The third-order valence-electron chi connectivity index (χ3n) is 4.92. The fourth-order valence-corrected chi connectivity index (χ4v) is 3.51. The number of hydrogen-bond donors (Lipinski definition) is 2. The van der Waals surface area contributed by atoms with E-state index in [0.29, 0.717) is 23.1 Å². The maximum absolute atomic E-state index is 12.0. The first-order chi connectivity index (χ1) is 16.5. The summed E-state index contributed by atoms with van der Waals surface area (Å²) in [5.74, 6) is -1.10. The molecular formula is C26H19Cl2N3O3. The van der Waals surface area contributed by atoms with Gasteiger partial charge in [-0.1, -0.05) is 65.7 Å². The fraction of sp³-hybridized carbons (Fsp3) is 0.0385. The molecule has 6 nitrogen and oxygen atoms in total. The van der Waals surface area contributed by atoms with Crippen LogP contribution in [0.4, 0.5) is 5.69 Å². The van der Waals surface area contributed by atoms with Crippen LogP contribution in [0, 0.1) is 0 Å². The van der Waals surface area contributed by atoms with Crippen LogP contribution in [-0.4, -0.2) is 18.0 Å². The highest BCUT2D eigenvalue weighted by Gasteiger charge is 2.13. The summed E-state index contributed by atoms with van der Waals surface area (Å²) in [4.78, 5) is 23.9. The molecule has 0 atom stereocenters. The van der Waals surface area contributed by atoms with Crippen molar-refractivity contribution in [2.75, 3.05) is 5.32 Å². The highest BCUT2D eigenvalue weighted by atomic mass is 35.5. The van der Waals surface area contributed by atoms with Gasteiger partial charge in [0.1, 0.15) is 12.4 Å². The molecule has 0 radical (unpaired) electrons. The molecule has 0 spiro atoms. The Bertz CT molecular complexity index is 1370. The summed E-state index contributed by atoms with van der Waals surface area (Å²) in [6.07, 6.45) is 1.43. The van der Waals surface area contributed by atoms with Crippen LogP contribution in [0.1, 0.15) is 11.1 Å². The van der Waals surface area contributed by atoms with E-state index in [1.807, 2.05) is 36.4 Å². The van der Waals surface area contributed by atoms with Crippen LogP contribution < -0.4 is 15.5 Å². The van der Waals surface area contributed by atoms with Gasteiger partial charge in [0.05, 0.1) is 16.3 Å². The van der Waals surface area contributed by atoms with E-state index >= 15 is 0 Å². The molecule has 8 heteroatoms. The number of carbonyl (C=O) groups is 2. The van der Waals surface area contributed by atoms with Crippen LogP contribution in [0.25, 0.3) is 10.8 Å². The van der Waals surface area contributed by atoms with Gasteiger partial charge in [0.15, 0.2) is 0 Å². The minimum absolute atomic E-state index is 0.266. The Morgan fingerprint density at radius 3 is 2.41 bits per heavy atom. The quantitative estimate of drug-likeness (QED) is 0.202. The minimum atomic E-state index is -0.919. The van der Waals surface area contributed by atoms with Gasteiger partial charge < -0.3 is 10.1 Å². The fourth-order valence-electron chi connectivity index (χ4n) is 3.21. The molecule has 0 aliphatic carbocycles. The molecule has 0 saturated heterocycles. The Hall–Kier alpha value is -3.87. The highest BCUT2D eigenvalue weighted by Crippen LogP contribution is 2.25. The van der Waals surface area contributed by atoms with Crippen LogP contribution >= 0.6 is 23.2 Å². The SMILES string of the molecule is O=C(NN=Cc1ccc(OCc2cccc3ccccc23)cc1)C(=O)Nc1ccc(Cl)c(Cl)c1. The lowest BCUT2D eigenvalue weighted by molar-refractivity contribution is -0.136. The van der Waals surface area contributed by atoms with Gasteiger partial charge in [-0.2, -0.15) is 5.10 Å². The number of benzene rings is 4. The first-order valence-electron chi connectivity index (χ1n) is 10.3. The Balaban J connectivity index is 1.29. The number of fused-ring (bicyclic) bond motifs is 1. The Labute approximate surface area is 206 Å². The van der Waals surface area contributed by atoms with E-state index in [-0.39, 0.29) is 5.02 Å². The number of rotatable bonds is 6.